The van der Waals surface area contributed by atoms with Crippen LogP contribution in [0.3, 0.4) is 0 Å². The minimum atomic E-state index is -0.475. The number of carbonyl (C=O) groups is 1. The van der Waals surface area contributed by atoms with Crippen LogP contribution in [0.25, 0.3) is 0 Å². The fraction of sp³-hybridized carbons (Fsp3) is 0.650. The minimum absolute atomic E-state index is 0.0451. The number of rotatable bonds is 7. The zero-order valence-electron chi connectivity index (χ0n) is 15.6. The molecular formula is C20H32N2O2. The summed E-state index contributed by atoms with van der Waals surface area (Å²) in [5.74, 6) is 0.694. The van der Waals surface area contributed by atoms with E-state index in [1.165, 1.54) is 31.5 Å². The van der Waals surface area contributed by atoms with Gasteiger partial charge in [0, 0.05) is 6.54 Å². The molecule has 4 heteroatoms. The highest BCUT2D eigenvalue weighted by Gasteiger charge is 2.16. The highest BCUT2D eigenvalue weighted by atomic mass is 16.5. The molecule has 1 saturated heterocycles. The zero-order chi connectivity index (χ0) is 17.6. The van der Waals surface area contributed by atoms with Gasteiger partial charge in [0.25, 0.3) is 5.91 Å². The molecule has 0 aliphatic carbocycles. The SMILES string of the molecule is CC(Oc1ccc(C(C)(C)C)cc1)C(=O)NCCCN1CCCC1. The molecule has 0 saturated carbocycles. The van der Waals surface area contributed by atoms with Crippen molar-refractivity contribution < 1.29 is 9.53 Å². The van der Waals surface area contributed by atoms with Crippen molar-refractivity contribution in [2.75, 3.05) is 26.2 Å². The van der Waals surface area contributed by atoms with E-state index < -0.39 is 6.10 Å². The fourth-order valence-corrected chi connectivity index (χ4v) is 2.96. The second-order valence-corrected chi connectivity index (χ2v) is 7.73. The lowest BCUT2D eigenvalue weighted by Gasteiger charge is -2.20. The number of nitrogens with zero attached hydrogens (tertiary/aromatic N) is 1. The maximum absolute atomic E-state index is 12.1. The second kappa shape index (κ2) is 8.52. The van der Waals surface area contributed by atoms with Crippen molar-refractivity contribution in [2.45, 2.75) is 58.5 Å². The Morgan fingerprint density at radius 1 is 1.21 bits per heavy atom. The van der Waals surface area contributed by atoms with Gasteiger partial charge >= 0.3 is 0 Å². The molecule has 1 amide bonds. The van der Waals surface area contributed by atoms with Crippen LogP contribution >= 0.6 is 0 Å². The van der Waals surface area contributed by atoms with Gasteiger partial charge in [-0.2, -0.15) is 0 Å². The monoisotopic (exact) mass is 332 g/mol. The molecule has 134 valence electrons. The lowest BCUT2D eigenvalue weighted by Crippen LogP contribution is -2.37. The molecule has 1 heterocycles. The van der Waals surface area contributed by atoms with Crippen LogP contribution in [-0.2, 0) is 10.2 Å². The van der Waals surface area contributed by atoms with Gasteiger partial charge in [0.2, 0.25) is 0 Å². The summed E-state index contributed by atoms with van der Waals surface area (Å²) in [6.07, 6.45) is 3.15. The predicted molar refractivity (Wildman–Crippen MR) is 98.5 cm³/mol. The summed E-state index contributed by atoms with van der Waals surface area (Å²) in [4.78, 5) is 14.6. The number of nitrogens with one attached hydrogen (secondary N) is 1. The van der Waals surface area contributed by atoms with E-state index in [9.17, 15) is 4.79 Å². The van der Waals surface area contributed by atoms with Crippen molar-refractivity contribution in [1.29, 1.82) is 0 Å². The molecule has 1 aliphatic rings. The topological polar surface area (TPSA) is 41.6 Å². The highest BCUT2D eigenvalue weighted by Crippen LogP contribution is 2.24. The van der Waals surface area contributed by atoms with E-state index >= 15 is 0 Å². The maximum Gasteiger partial charge on any atom is 0.260 e. The number of benzene rings is 1. The summed E-state index contributed by atoms with van der Waals surface area (Å²) < 4.78 is 5.75. The van der Waals surface area contributed by atoms with Crippen LogP contribution in [0.4, 0.5) is 0 Å². The summed E-state index contributed by atoms with van der Waals surface area (Å²) in [6, 6.07) is 8.02. The zero-order valence-corrected chi connectivity index (χ0v) is 15.6. The first kappa shape index (κ1) is 18.8. The van der Waals surface area contributed by atoms with E-state index in [1.807, 2.05) is 12.1 Å². The molecule has 24 heavy (non-hydrogen) atoms. The molecule has 2 rings (SSSR count). The van der Waals surface area contributed by atoms with Gasteiger partial charge in [0.05, 0.1) is 0 Å². The molecule has 1 aromatic carbocycles. The summed E-state index contributed by atoms with van der Waals surface area (Å²) in [6.45, 7) is 12.5. The molecule has 0 spiro atoms. The minimum Gasteiger partial charge on any atom is -0.481 e. The first-order valence-corrected chi connectivity index (χ1v) is 9.13. The Balaban J connectivity index is 1.70. The van der Waals surface area contributed by atoms with Gasteiger partial charge in [-0.05, 0) is 68.9 Å². The number of carbonyl (C=O) groups excluding carboxylic acids is 1. The molecule has 1 atom stereocenters. The van der Waals surface area contributed by atoms with E-state index in [2.05, 4.69) is 43.1 Å². The van der Waals surface area contributed by atoms with Crippen LogP contribution < -0.4 is 10.1 Å². The third-order valence-corrected chi connectivity index (χ3v) is 4.55. The number of ether oxygens (including phenoxy) is 1. The largest absolute Gasteiger partial charge is 0.481 e. The Hall–Kier alpha value is -1.55. The van der Waals surface area contributed by atoms with E-state index in [0.29, 0.717) is 6.54 Å². The van der Waals surface area contributed by atoms with Gasteiger partial charge in [0.1, 0.15) is 5.75 Å². The Morgan fingerprint density at radius 3 is 2.42 bits per heavy atom. The lowest BCUT2D eigenvalue weighted by atomic mass is 9.87. The molecule has 1 aromatic rings. The Labute approximate surface area is 146 Å². The van der Waals surface area contributed by atoms with Crippen molar-refractivity contribution >= 4 is 5.91 Å². The van der Waals surface area contributed by atoms with Crippen LogP contribution in [-0.4, -0.2) is 43.1 Å². The van der Waals surface area contributed by atoms with Gasteiger partial charge in [-0.3, -0.25) is 4.79 Å². The third kappa shape index (κ3) is 5.82. The van der Waals surface area contributed by atoms with E-state index in [-0.39, 0.29) is 11.3 Å². The van der Waals surface area contributed by atoms with Crippen LogP contribution in [0.2, 0.25) is 0 Å². The third-order valence-electron chi connectivity index (χ3n) is 4.55. The number of hydrogen-bond donors (Lipinski definition) is 1. The fourth-order valence-electron chi connectivity index (χ4n) is 2.96. The summed E-state index contributed by atoms with van der Waals surface area (Å²) in [5, 5.41) is 2.97. The average Bonchev–Trinajstić information content (AvgIpc) is 3.04. The molecule has 0 radical (unpaired) electrons. The van der Waals surface area contributed by atoms with Gasteiger partial charge in [-0.1, -0.05) is 32.9 Å². The molecule has 4 nitrogen and oxygen atoms in total. The van der Waals surface area contributed by atoms with Gasteiger partial charge < -0.3 is 15.0 Å². The Kier molecular flexibility index (Phi) is 6.67. The van der Waals surface area contributed by atoms with Gasteiger partial charge in [0.15, 0.2) is 6.10 Å². The van der Waals surface area contributed by atoms with Crippen LogP contribution in [0, 0.1) is 0 Å². The first-order chi connectivity index (χ1) is 11.4. The van der Waals surface area contributed by atoms with Crippen molar-refractivity contribution in [3.05, 3.63) is 29.8 Å². The number of likely N-dealkylation sites (tertiary alicyclic amines) is 1. The Morgan fingerprint density at radius 2 is 1.83 bits per heavy atom. The van der Waals surface area contributed by atoms with Crippen molar-refractivity contribution in [2.24, 2.45) is 0 Å². The van der Waals surface area contributed by atoms with E-state index in [1.54, 1.807) is 6.92 Å². The molecule has 1 N–H and O–H groups in total. The standard InChI is InChI=1S/C20H32N2O2/c1-16(19(23)21-12-7-15-22-13-5-6-14-22)24-18-10-8-17(9-11-18)20(2,3)4/h8-11,16H,5-7,12-15H2,1-4H3,(H,21,23). The van der Waals surface area contributed by atoms with E-state index in [4.69, 9.17) is 4.74 Å². The van der Waals surface area contributed by atoms with Crippen LogP contribution in [0.5, 0.6) is 5.75 Å². The summed E-state index contributed by atoms with van der Waals surface area (Å²) >= 11 is 0. The molecule has 1 fully saturated rings. The maximum atomic E-state index is 12.1. The molecule has 1 aliphatic heterocycles. The van der Waals surface area contributed by atoms with Gasteiger partial charge in [-0.15, -0.1) is 0 Å². The lowest BCUT2D eigenvalue weighted by molar-refractivity contribution is -0.127. The van der Waals surface area contributed by atoms with Crippen molar-refractivity contribution in [3.8, 4) is 5.75 Å². The summed E-state index contributed by atoms with van der Waals surface area (Å²) in [5.41, 5.74) is 1.38. The predicted octanol–water partition coefficient (Wildman–Crippen LogP) is 3.35. The highest BCUT2D eigenvalue weighted by molar-refractivity contribution is 5.80. The van der Waals surface area contributed by atoms with Gasteiger partial charge in [-0.25, -0.2) is 0 Å². The van der Waals surface area contributed by atoms with Crippen LogP contribution in [0.1, 0.15) is 52.5 Å². The molecule has 1 unspecified atom stereocenters. The normalized spacial score (nSPS) is 16.8. The number of hydrogen-bond acceptors (Lipinski definition) is 3. The van der Waals surface area contributed by atoms with Crippen molar-refractivity contribution in [1.82, 2.24) is 10.2 Å². The average molecular weight is 332 g/mol. The number of amides is 1. The Bertz CT molecular complexity index is 513. The second-order valence-electron chi connectivity index (χ2n) is 7.73. The summed E-state index contributed by atoms with van der Waals surface area (Å²) in [7, 11) is 0. The van der Waals surface area contributed by atoms with Crippen molar-refractivity contribution in [3.63, 3.8) is 0 Å². The molecule has 0 bridgehead atoms. The first-order valence-electron chi connectivity index (χ1n) is 9.13. The molecular weight excluding hydrogens is 300 g/mol. The quantitative estimate of drug-likeness (QED) is 0.779. The van der Waals surface area contributed by atoms with Crippen LogP contribution in [0.15, 0.2) is 24.3 Å². The smallest absolute Gasteiger partial charge is 0.260 e. The van der Waals surface area contributed by atoms with E-state index in [0.717, 1.165) is 18.7 Å². The molecule has 0 aromatic heterocycles.